The van der Waals surface area contributed by atoms with E-state index in [4.69, 9.17) is 5.11 Å². The molecule has 0 aromatic carbocycles. The first-order valence-corrected chi connectivity index (χ1v) is 6.02. The van der Waals surface area contributed by atoms with Gasteiger partial charge in [0.25, 0.3) is 0 Å². The number of hydrogen-bond donors (Lipinski definition) is 4. The fraction of sp³-hybridized carbons (Fsp3) is 0.818. The van der Waals surface area contributed by atoms with E-state index in [0.717, 1.165) is 32.9 Å². The second-order valence-corrected chi connectivity index (χ2v) is 4.83. The molecule has 0 spiro atoms. The first-order chi connectivity index (χ1) is 8.34. The number of carboxylic acids is 1. The van der Waals surface area contributed by atoms with Crippen LogP contribution in [0.2, 0.25) is 0 Å². The van der Waals surface area contributed by atoms with E-state index in [1.807, 2.05) is 0 Å². The van der Waals surface area contributed by atoms with E-state index < -0.39 is 11.6 Å². The molecular weight excluding hydrogens is 238 g/mol. The quantitative estimate of drug-likeness (QED) is 0.530. The minimum atomic E-state index is -1.94. The topological polar surface area (TPSA) is 102 Å². The fourth-order valence-corrected chi connectivity index (χ4v) is 1.81. The van der Waals surface area contributed by atoms with Crippen LogP contribution in [0.4, 0.5) is 4.79 Å². The van der Waals surface area contributed by atoms with Gasteiger partial charge in [0.1, 0.15) is 0 Å². The fourth-order valence-electron chi connectivity index (χ4n) is 1.81. The normalized spacial score (nSPS) is 19.9. The molecule has 1 aliphatic rings. The number of aliphatic carboxylic acids is 1. The van der Waals surface area contributed by atoms with Gasteiger partial charge in [-0.1, -0.05) is 0 Å². The first kappa shape index (κ1) is 14.7. The van der Waals surface area contributed by atoms with Gasteiger partial charge in [-0.05, 0) is 32.9 Å². The first-order valence-electron chi connectivity index (χ1n) is 6.02. The summed E-state index contributed by atoms with van der Waals surface area (Å²) in [6.07, 6.45) is 1.75. The Hall–Kier alpha value is -1.34. The van der Waals surface area contributed by atoms with Gasteiger partial charge in [-0.3, -0.25) is 0 Å². The molecule has 1 atom stereocenters. The maximum Gasteiger partial charge on any atom is 0.337 e. The second-order valence-electron chi connectivity index (χ2n) is 4.83. The number of rotatable bonds is 4. The Labute approximate surface area is 106 Å². The molecular formula is C11H21N3O4. The lowest BCUT2D eigenvalue weighted by Crippen LogP contribution is -2.52. The maximum absolute atomic E-state index is 11.8. The van der Waals surface area contributed by atoms with Crippen LogP contribution in [0.15, 0.2) is 0 Å². The smallest absolute Gasteiger partial charge is 0.337 e. The number of carbonyl (C=O) groups excluding carboxylic acids is 1. The van der Waals surface area contributed by atoms with Crippen LogP contribution in [0.5, 0.6) is 0 Å². The number of piperidine rings is 1. The molecule has 1 fully saturated rings. The van der Waals surface area contributed by atoms with Crippen LogP contribution in [-0.4, -0.2) is 65.4 Å². The summed E-state index contributed by atoms with van der Waals surface area (Å²) in [5.74, 6) is -1.35. The Bertz CT molecular complexity index is 313. The highest BCUT2D eigenvalue weighted by molar-refractivity contribution is 5.79. The third-order valence-electron chi connectivity index (χ3n) is 3.22. The van der Waals surface area contributed by atoms with Crippen LogP contribution in [0.1, 0.15) is 19.8 Å². The van der Waals surface area contributed by atoms with E-state index in [1.165, 1.54) is 0 Å². The number of hydrogen-bond acceptors (Lipinski definition) is 4. The van der Waals surface area contributed by atoms with Crippen molar-refractivity contribution in [3.05, 3.63) is 0 Å². The highest BCUT2D eigenvalue weighted by atomic mass is 16.4. The van der Waals surface area contributed by atoms with Crippen LogP contribution in [0.3, 0.4) is 0 Å². The third kappa shape index (κ3) is 3.85. The van der Waals surface area contributed by atoms with Gasteiger partial charge in [0, 0.05) is 13.1 Å². The summed E-state index contributed by atoms with van der Waals surface area (Å²) in [6.45, 7) is 2.58. The summed E-state index contributed by atoms with van der Waals surface area (Å²) >= 11 is 0. The molecule has 104 valence electrons. The predicted molar refractivity (Wildman–Crippen MR) is 65.3 cm³/mol. The van der Waals surface area contributed by atoms with Crippen molar-refractivity contribution in [2.75, 3.05) is 26.7 Å². The Morgan fingerprint density at radius 1 is 1.44 bits per heavy atom. The standard InChI is InChI=1S/C11H21N3O4/c1-11(18,9(15)16)7-13-10(17)14(2)8-3-5-12-6-4-8/h8,12,18H,3-7H2,1-2H3,(H,13,17)(H,15,16). The van der Waals surface area contributed by atoms with Crippen molar-refractivity contribution < 1.29 is 19.8 Å². The number of nitrogens with one attached hydrogen (secondary N) is 2. The zero-order valence-corrected chi connectivity index (χ0v) is 10.8. The molecule has 0 bridgehead atoms. The van der Waals surface area contributed by atoms with Gasteiger partial charge in [-0.2, -0.15) is 0 Å². The number of aliphatic hydroxyl groups is 1. The molecule has 7 nitrogen and oxygen atoms in total. The van der Waals surface area contributed by atoms with Crippen molar-refractivity contribution in [2.45, 2.75) is 31.4 Å². The molecule has 0 radical (unpaired) electrons. The van der Waals surface area contributed by atoms with Gasteiger partial charge in [0.15, 0.2) is 5.60 Å². The van der Waals surface area contributed by atoms with Gasteiger partial charge >= 0.3 is 12.0 Å². The van der Waals surface area contributed by atoms with Crippen molar-refractivity contribution in [1.82, 2.24) is 15.5 Å². The summed E-state index contributed by atoms with van der Waals surface area (Å²) in [5.41, 5.74) is -1.94. The molecule has 7 heteroatoms. The Kier molecular flexibility index (Phi) is 4.92. The lowest BCUT2D eigenvalue weighted by atomic mass is 10.1. The molecule has 1 unspecified atom stereocenters. The maximum atomic E-state index is 11.8. The Morgan fingerprint density at radius 3 is 2.50 bits per heavy atom. The number of carbonyl (C=O) groups is 2. The summed E-state index contributed by atoms with van der Waals surface area (Å²) in [6, 6.07) is -0.204. The molecule has 4 N–H and O–H groups in total. The van der Waals surface area contributed by atoms with Crippen molar-refractivity contribution in [3.63, 3.8) is 0 Å². The van der Waals surface area contributed by atoms with Gasteiger partial charge in [0.2, 0.25) is 0 Å². The van der Waals surface area contributed by atoms with Crippen molar-refractivity contribution in [1.29, 1.82) is 0 Å². The van der Waals surface area contributed by atoms with Crippen LogP contribution in [0, 0.1) is 0 Å². The Balaban J connectivity index is 2.42. The molecule has 1 rings (SSSR count). The average molecular weight is 259 g/mol. The van der Waals surface area contributed by atoms with Crippen LogP contribution in [0.25, 0.3) is 0 Å². The zero-order chi connectivity index (χ0) is 13.8. The summed E-state index contributed by atoms with van der Waals surface area (Å²) in [5, 5.41) is 23.8. The molecule has 0 aromatic heterocycles. The van der Waals surface area contributed by atoms with Crippen molar-refractivity contribution in [3.8, 4) is 0 Å². The predicted octanol–water partition coefficient (Wildman–Crippen LogP) is -0.785. The van der Waals surface area contributed by atoms with Gasteiger partial charge < -0.3 is 25.7 Å². The number of urea groups is 1. The SMILES string of the molecule is CN(C(=O)NCC(C)(O)C(=O)O)C1CCNCC1. The van der Waals surface area contributed by atoms with E-state index in [9.17, 15) is 14.7 Å². The van der Waals surface area contributed by atoms with E-state index in [-0.39, 0.29) is 18.6 Å². The van der Waals surface area contributed by atoms with Crippen molar-refractivity contribution in [2.24, 2.45) is 0 Å². The summed E-state index contributed by atoms with van der Waals surface area (Å²) in [7, 11) is 1.68. The number of carboxylic acid groups (broad SMARTS) is 1. The molecule has 1 aliphatic heterocycles. The molecule has 1 heterocycles. The minimum absolute atomic E-state index is 0.154. The number of amides is 2. The van der Waals surface area contributed by atoms with E-state index >= 15 is 0 Å². The van der Waals surface area contributed by atoms with Crippen LogP contribution in [-0.2, 0) is 4.79 Å². The molecule has 1 saturated heterocycles. The van der Waals surface area contributed by atoms with E-state index in [0.29, 0.717) is 0 Å². The molecule has 0 aromatic rings. The monoisotopic (exact) mass is 259 g/mol. The molecule has 0 aliphatic carbocycles. The lowest BCUT2D eigenvalue weighted by Gasteiger charge is -2.32. The minimum Gasteiger partial charge on any atom is -0.479 e. The van der Waals surface area contributed by atoms with Crippen LogP contribution < -0.4 is 10.6 Å². The largest absolute Gasteiger partial charge is 0.479 e. The third-order valence-corrected chi connectivity index (χ3v) is 3.22. The van der Waals surface area contributed by atoms with Crippen molar-refractivity contribution >= 4 is 12.0 Å². The highest BCUT2D eigenvalue weighted by Crippen LogP contribution is 2.10. The lowest BCUT2D eigenvalue weighted by molar-refractivity contribution is -0.155. The Morgan fingerprint density at radius 2 is 2.00 bits per heavy atom. The molecule has 2 amide bonds. The second kappa shape index (κ2) is 6.01. The van der Waals surface area contributed by atoms with Gasteiger partial charge in [-0.15, -0.1) is 0 Å². The summed E-state index contributed by atoms with van der Waals surface area (Å²) < 4.78 is 0. The number of nitrogens with zero attached hydrogens (tertiary/aromatic N) is 1. The van der Waals surface area contributed by atoms with E-state index in [2.05, 4.69) is 10.6 Å². The zero-order valence-electron chi connectivity index (χ0n) is 10.8. The van der Waals surface area contributed by atoms with Crippen LogP contribution >= 0.6 is 0 Å². The molecule has 0 saturated carbocycles. The average Bonchev–Trinajstić information content (AvgIpc) is 2.36. The van der Waals surface area contributed by atoms with Gasteiger partial charge in [-0.25, -0.2) is 9.59 Å². The highest BCUT2D eigenvalue weighted by Gasteiger charge is 2.31. The summed E-state index contributed by atoms with van der Waals surface area (Å²) in [4.78, 5) is 24.1. The molecule has 18 heavy (non-hydrogen) atoms. The van der Waals surface area contributed by atoms with Gasteiger partial charge in [0.05, 0.1) is 6.54 Å². The van der Waals surface area contributed by atoms with E-state index in [1.54, 1.807) is 11.9 Å².